The van der Waals surface area contributed by atoms with Gasteiger partial charge in [-0.15, -0.1) is 0 Å². The van der Waals surface area contributed by atoms with Crippen LogP contribution in [0.15, 0.2) is 22.7 Å². The largest absolute Gasteiger partial charge is 0.334 e. The molecule has 0 saturated heterocycles. The van der Waals surface area contributed by atoms with Crippen molar-refractivity contribution < 1.29 is 4.52 Å². The second kappa shape index (κ2) is 5.59. The van der Waals surface area contributed by atoms with Crippen molar-refractivity contribution in [2.75, 3.05) is 0 Å². The van der Waals surface area contributed by atoms with Gasteiger partial charge in [0.05, 0.1) is 16.1 Å². The Morgan fingerprint density at radius 2 is 2.19 bits per heavy atom. The molecule has 0 amide bonds. The lowest BCUT2D eigenvalue weighted by molar-refractivity contribution is 0.222. The molecule has 0 bridgehead atoms. The zero-order chi connectivity index (χ0) is 15.0. The number of nitrogens with zero attached hydrogens (tertiary/aromatic N) is 2. The van der Waals surface area contributed by atoms with Crippen molar-refractivity contribution in [3.8, 4) is 11.5 Å². The summed E-state index contributed by atoms with van der Waals surface area (Å²) in [6.45, 7) is 2.20. The quantitative estimate of drug-likeness (QED) is 0.888. The molecule has 1 aromatic heterocycles. The standard InChI is InChI=1S/C15H17Cl2N3O/c1-9-3-2-6-15(18,8-9)14-19-13(21-20-14)11-7-10(16)4-5-12(11)17/h4-5,7,9H,2-3,6,8,18H2,1H3. The van der Waals surface area contributed by atoms with Crippen LogP contribution in [0.1, 0.15) is 38.4 Å². The average molecular weight is 326 g/mol. The van der Waals surface area contributed by atoms with Crippen molar-refractivity contribution in [3.05, 3.63) is 34.1 Å². The van der Waals surface area contributed by atoms with E-state index in [4.69, 9.17) is 33.5 Å². The lowest BCUT2D eigenvalue weighted by Crippen LogP contribution is -2.42. The van der Waals surface area contributed by atoms with Crippen LogP contribution in [0.4, 0.5) is 0 Å². The molecule has 0 spiro atoms. The van der Waals surface area contributed by atoms with Crippen LogP contribution in [0.3, 0.4) is 0 Å². The Morgan fingerprint density at radius 1 is 1.38 bits per heavy atom. The minimum Gasteiger partial charge on any atom is -0.334 e. The topological polar surface area (TPSA) is 64.9 Å². The maximum atomic E-state index is 6.49. The molecule has 4 nitrogen and oxygen atoms in total. The molecule has 1 aliphatic rings. The Balaban J connectivity index is 1.94. The van der Waals surface area contributed by atoms with E-state index < -0.39 is 5.54 Å². The van der Waals surface area contributed by atoms with Gasteiger partial charge in [0.2, 0.25) is 0 Å². The van der Waals surface area contributed by atoms with Gasteiger partial charge in [-0.1, -0.05) is 48.1 Å². The molecule has 2 unspecified atom stereocenters. The van der Waals surface area contributed by atoms with E-state index >= 15 is 0 Å². The molecule has 1 fully saturated rings. The maximum Gasteiger partial charge on any atom is 0.259 e. The van der Waals surface area contributed by atoms with Crippen LogP contribution in [-0.2, 0) is 5.54 Å². The summed E-state index contributed by atoms with van der Waals surface area (Å²) in [5.74, 6) is 1.49. The van der Waals surface area contributed by atoms with Crippen LogP contribution in [0.5, 0.6) is 0 Å². The Bertz CT molecular complexity index is 658. The summed E-state index contributed by atoms with van der Waals surface area (Å²) < 4.78 is 5.36. The summed E-state index contributed by atoms with van der Waals surface area (Å²) in [5, 5.41) is 5.18. The smallest absolute Gasteiger partial charge is 0.259 e. The number of aromatic nitrogens is 2. The average Bonchev–Trinajstić information content (AvgIpc) is 2.91. The van der Waals surface area contributed by atoms with Crippen molar-refractivity contribution in [2.24, 2.45) is 11.7 Å². The van der Waals surface area contributed by atoms with Gasteiger partial charge in [-0.3, -0.25) is 0 Å². The molecule has 2 aromatic rings. The summed E-state index contributed by atoms with van der Waals surface area (Å²) in [5.41, 5.74) is 6.61. The third-order valence-electron chi connectivity index (χ3n) is 4.06. The van der Waals surface area contributed by atoms with Gasteiger partial charge in [-0.2, -0.15) is 4.98 Å². The lowest BCUT2D eigenvalue weighted by atomic mass is 9.76. The first-order valence-electron chi connectivity index (χ1n) is 7.06. The van der Waals surface area contributed by atoms with Crippen molar-refractivity contribution >= 4 is 23.2 Å². The predicted octanol–water partition coefficient (Wildman–Crippen LogP) is 4.41. The highest BCUT2D eigenvalue weighted by Crippen LogP contribution is 2.38. The lowest BCUT2D eigenvalue weighted by Gasteiger charge is -2.33. The highest BCUT2D eigenvalue weighted by Gasteiger charge is 2.37. The first kappa shape index (κ1) is 14.8. The molecule has 3 rings (SSSR count). The van der Waals surface area contributed by atoms with Gasteiger partial charge in [0.25, 0.3) is 5.89 Å². The first-order valence-corrected chi connectivity index (χ1v) is 7.82. The minimum absolute atomic E-state index is 0.362. The molecule has 1 saturated carbocycles. The third kappa shape index (κ3) is 2.93. The second-order valence-corrected chi connectivity index (χ2v) is 6.75. The van der Waals surface area contributed by atoms with Crippen LogP contribution < -0.4 is 5.73 Å². The van der Waals surface area contributed by atoms with E-state index in [0.717, 1.165) is 19.3 Å². The maximum absolute atomic E-state index is 6.49. The van der Waals surface area contributed by atoms with Gasteiger partial charge in [-0.05, 0) is 37.0 Å². The third-order valence-corrected chi connectivity index (χ3v) is 4.63. The number of rotatable bonds is 2. The van der Waals surface area contributed by atoms with E-state index in [0.29, 0.717) is 33.2 Å². The summed E-state index contributed by atoms with van der Waals surface area (Å²) in [6, 6.07) is 5.15. The molecule has 0 aliphatic heterocycles. The molecule has 1 aliphatic carbocycles. The van der Waals surface area contributed by atoms with Crippen molar-refractivity contribution in [2.45, 2.75) is 38.1 Å². The Labute approximate surface area is 133 Å². The number of halogens is 2. The zero-order valence-electron chi connectivity index (χ0n) is 11.8. The van der Waals surface area contributed by atoms with Crippen LogP contribution >= 0.6 is 23.2 Å². The fraction of sp³-hybridized carbons (Fsp3) is 0.467. The van der Waals surface area contributed by atoms with Crippen molar-refractivity contribution in [1.82, 2.24) is 10.1 Å². The van der Waals surface area contributed by atoms with Crippen LogP contribution in [0, 0.1) is 5.92 Å². The zero-order valence-corrected chi connectivity index (χ0v) is 13.3. The summed E-state index contributed by atoms with van der Waals surface area (Å²) in [6.07, 6.45) is 4.03. The molecule has 2 atom stereocenters. The molecule has 6 heteroatoms. The fourth-order valence-corrected chi connectivity index (χ4v) is 3.36. The number of nitrogens with two attached hydrogens (primary N) is 1. The number of benzene rings is 1. The van der Waals surface area contributed by atoms with E-state index in [-0.39, 0.29) is 0 Å². The van der Waals surface area contributed by atoms with Gasteiger partial charge in [0, 0.05) is 5.02 Å². The second-order valence-electron chi connectivity index (χ2n) is 5.90. The molecule has 1 heterocycles. The van der Waals surface area contributed by atoms with Crippen LogP contribution in [0.25, 0.3) is 11.5 Å². The van der Waals surface area contributed by atoms with Gasteiger partial charge >= 0.3 is 0 Å². The molecule has 0 radical (unpaired) electrons. The van der Waals surface area contributed by atoms with Crippen molar-refractivity contribution in [3.63, 3.8) is 0 Å². The van der Waals surface area contributed by atoms with E-state index in [1.54, 1.807) is 18.2 Å². The monoisotopic (exact) mass is 325 g/mol. The van der Waals surface area contributed by atoms with E-state index in [1.165, 1.54) is 6.42 Å². The summed E-state index contributed by atoms with van der Waals surface area (Å²) >= 11 is 12.2. The van der Waals surface area contributed by atoms with Crippen molar-refractivity contribution in [1.29, 1.82) is 0 Å². The van der Waals surface area contributed by atoms with Gasteiger partial charge in [0.1, 0.15) is 0 Å². The Hall–Kier alpha value is -1.10. The Kier molecular flexibility index (Phi) is 3.95. The number of hydrogen-bond acceptors (Lipinski definition) is 4. The first-order chi connectivity index (χ1) is 9.98. The molecule has 2 N–H and O–H groups in total. The van der Waals surface area contributed by atoms with E-state index in [2.05, 4.69) is 17.1 Å². The van der Waals surface area contributed by atoms with Crippen LogP contribution in [0.2, 0.25) is 10.0 Å². The molecular weight excluding hydrogens is 309 g/mol. The SMILES string of the molecule is CC1CCCC(N)(c2noc(-c3cc(Cl)ccc3Cl)n2)C1. The summed E-state index contributed by atoms with van der Waals surface area (Å²) in [7, 11) is 0. The number of hydrogen-bond donors (Lipinski definition) is 1. The van der Waals surface area contributed by atoms with E-state index in [9.17, 15) is 0 Å². The molecular formula is C15H17Cl2N3O. The predicted molar refractivity (Wildman–Crippen MR) is 83.3 cm³/mol. The van der Waals surface area contributed by atoms with Gasteiger partial charge in [-0.25, -0.2) is 0 Å². The van der Waals surface area contributed by atoms with Gasteiger partial charge < -0.3 is 10.3 Å². The molecule has 1 aromatic carbocycles. The normalized spacial score (nSPS) is 26.0. The van der Waals surface area contributed by atoms with Gasteiger partial charge in [0.15, 0.2) is 5.82 Å². The highest BCUT2D eigenvalue weighted by atomic mass is 35.5. The van der Waals surface area contributed by atoms with Crippen LogP contribution in [-0.4, -0.2) is 10.1 Å². The highest BCUT2D eigenvalue weighted by molar-refractivity contribution is 6.35. The molecule has 21 heavy (non-hydrogen) atoms. The minimum atomic E-state index is -0.509. The fourth-order valence-electron chi connectivity index (χ4n) is 2.99. The Morgan fingerprint density at radius 3 is 2.95 bits per heavy atom. The van der Waals surface area contributed by atoms with E-state index in [1.807, 2.05) is 0 Å². The molecule has 112 valence electrons. The summed E-state index contributed by atoms with van der Waals surface area (Å²) in [4.78, 5) is 4.47.